The zero-order valence-electron chi connectivity index (χ0n) is 14.4. The molecule has 0 bridgehead atoms. The molecule has 1 heterocycles. The molecule has 0 aliphatic heterocycles. The largest absolute Gasteiger partial charge is 0.293 e. The van der Waals surface area contributed by atoms with Gasteiger partial charge < -0.3 is 0 Å². The fourth-order valence-corrected chi connectivity index (χ4v) is 4.59. The molecule has 6 heteroatoms. The molecule has 4 rings (SSSR count). The maximum Gasteiger partial charge on any atom is 0.214 e. The van der Waals surface area contributed by atoms with Gasteiger partial charge in [-0.3, -0.25) is 4.79 Å². The normalized spacial score (nSPS) is 16.3. The van der Waals surface area contributed by atoms with E-state index in [2.05, 4.69) is 48.4 Å². The summed E-state index contributed by atoms with van der Waals surface area (Å²) in [6.07, 6.45) is 0.721. The van der Waals surface area contributed by atoms with Crippen LogP contribution in [0, 0.1) is 20.8 Å². The molecule has 126 valence electrons. The van der Waals surface area contributed by atoms with Gasteiger partial charge in [-0.25, -0.2) is 0 Å². The fourth-order valence-electron chi connectivity index (χ4n) is 3.53. The van der Waals surface area contributed by atoms with Crippen LogP contribution in [0.15, 0.2) is 41.6 Å². The molecule has 0 amide bonds. The molecule has 0 saturated heterocycles. The number of ketones is 1. The average Bonchev–Trinajstić information content (AvgIpc) is 3.13. The van der Waals surface area contributed by atoms with Gasteiger partial charge in [-0.05, 0) is 54.3 Å². The minimum absolute atomic E-state index is 0.160. The highest BCUT2D eigenvalue weighted by Gasteiger charge is 2.32. The second-order valence-electron chi connectivity index (χ2n) is 6.45. The molecular formula is C19H18N4OS. The van der Waals surface area contributed by atoms with Gasteiger partial charge in [0.05, 0.1) is 10.9 Å². The topological polar surface area (TPSA) is 60.7 Å². The molecule has 0 fully saturated rings. The number of thioether (sulfide) groups is 1. The van der Waals surface area contributed by atoms with Crippen molar-refractivity contribution in [2.24, 2.45) is 0 Å². The summed E-state index contributed by atoms with van der Waals surface area (Å²) >= 11 is 1.44. The van der Waals surface area contributed by atoms with Gasteiger partial charge in [0, 0.05) is 5.56 Å². The molecule has 1 aliphatic carbocycles. The molecule has 0 N–H and O–H groups in total. The van der Waals surface area contributed by atoms with Crippen molar-refractivity contribution in [2.45, 2.75) is 37.6 Å². The molecule has 0 unspecified atom stereocenters. The summed E-state index contributed by atoms with van der Waals surface area (Å²) in [6, 6.07) is 12.0. The van der Waals surface area contributed by atoms with Gasteiger partial charge in [-0.2, -0.15) is 4.68 Å². The van der Waals surface area contributed by atoms with Crippen molar-refractivity contribution < 1.29 is 4.79 Å². The number of fused-ring (bicyclic) bond motifs is 1. The summed E-state index contributed by atoms with van der Waals surface area (Å²) in [6.45, 7) is 6.19. The minimum Gasteiger partial charge on any atom is -0.293 e. The van der Waals surface area contributed by atoms with Gasteiger partial charge in [0.2, 0.25) is 5.16 Å². The Labute approximate surface area is 150 Å². The maximum absolute atomic E-state index is 12.7. The van der Waals surface area contributed by atoms with Crippen LogP contribution in [0.25, 0.3) is 5.69 Å². The van der Waals surface area contributed by atoms with E-state index < -0.39 is 0 Å². The van der Waals surface area contributed by atoms with Crippen molar-refractivity contribution >= 4 is 17.5 Å². The smallest absolute Gasteiger partial charge is 0.214 e. The zero-order chi connectivity index (χ0) is 17.6. The number of rotatable bonds is 3. The summed E-state index contributed by atoms with van der Waals surface area (Å²) in [5, 5.41) is 12.7. The van der Waals surface area contributed by atoms with Crippen LogP contribution in [0.3, 0.4) is 0 Å². The molecular weight excluding hydrogens is 332 g/mol. The minimum atomic E-state index is -0.173. The number of carbonyl (C=O) groups is 1. The van der Waals surface area contributed by atoms with Gasteiger partial charge >= 0.3 is 0 Å². The lowest BCUT2D eigenvalue weighted by Gasteiger charge is -2.13. The van der Waals surface area contributed by atoms with E-state index in [1.54, 1.807) is 4.68 Å². The van der Waals surface area contributed by atoms with Crippen molar-refractivity contribution in [3.8, 4) is 5.69 Å². The Hall–Kier alpha value is -2.47. The SMILES string of the molecule is Cc1cc(C)c(-n2nnnc2S[C@H]2Cc3ccccc3C2=O)c(C)c1. The number of aromatic nitrogens is 4. The van der Waals surface area contributed by atoms with Gasteiger partial charge in [0.15, 0.2) is 5.78 Å². The van der Waals surface area contributed by atoms with Crippen LogP contribution < -0.4 is 0 Å². The highest BCUT2D eigenvalue weighted by Crippen LogP contribution is 2.34. The summed E-state index contributed by atoms with van der Waals surface area (Å²) < 4.78 is 1.76. The van der Waals surface area contributed by atoms with Crippen LogP contribution in [-0.2, 0) is 6.42 Å². The van der Waals surface area contributed by atoms with Crippen LogP contribution >= 0.6 is 11.8 Å². The number of benzene rings is 2. The molecule has 5 nitrogen and oxygen atoms in total. The second-order valence-corrected chi connectivity index (χ2v) is 7.62. The van der Waals surface area contributed by atoms with Crippen LogP contribution in [0.4, 0.5) is 0 Å². The third-order valence-electron chi connectivity index (χ3n) is 4.52. The van der Waals surface area contributed by atoms with Crippen LogP contribution in [-0.4, -0.2) is 31.2 Å². The van der Waals surface area contributed by atoms with E-state index >= 15 is 0 Å². The summed E-state index contributed by atoms with van der Waals surface area (Å²) in [5.41, 5.74) is 6.36. The number of nitrogens with zero attached hydrogens (tertiary/aromatic N) is 4. The molecule has 3 aromatic rings. The highest BCUT2D eigenvalue weighted by atomic mass is 32.2. The Morgan fingerprint density at radius 2 is 1.84 bits per heavy atom. The van der Waals surface area contributed by atoms with Crippen molar-refractivity contribution in [1.82, 2.24) is 20.2 Å². The van der Waals surface area contributed by atoms with Crippen molar-refractivity contribution in [3.63, 3.8) is 0 Å². The van der Waals surface area contributed by atoms with E-state index in [1.165, 1.54) is 17.3 Å². The zero-order valence-corrected chi connectivity index (χ0v) is 15.2. The Bertz CT molecular complexity index is 956. The number of hydrogen-bond acceptors (Lipinski definition) is 5. The van der Waals surface area contributed by atoms with Crippen LogP contribution in [0.1, 0.15) is 32.6 Å². The van der Waals surface area contributed by atoms with Crippen LogP contribution in [0.2, 0.25) is 0 Å². The van der Waals surface area contributed by atoms with Gasteiger partial charge in [0.1, 0.15) is 0 Å². The van der Waals surface area contributed by atoms with E-state index in [4.69, 9.17) is 0 Å². The number of tetrazole rings is 1. The molecule has 0 radical (unpaired) electrons. The number of carbonyl (C=O) groups excluding carboxylic acids is 1. The number of hydrogen-bond donors (Lipinski definition) is 0. The lowest BCUT2D eigenvalue weighted by Crippen LogP contribution is -2.13. The summed E-state index contributed by atoms with van der Waals surface area (Å²) in [5.74, 6) is 0.160. The quantitative estimate of drug-likeness (QED) is 0.724. The molecule has 2 aromatic carbocycles. The molecule has 1 aliphatic rings. The predicted octanol–water partition coefficient (Wildman–Crippen LogP) is 3.49. The molecule has 0 saturated carbocycles. The Morgan fingerprint density at radius 1 is 1.12 bits per heavy atom. The standard InChI is InChI=1S/C19H18N4OS/c1-11-8-12(2)17(13(3)9-11)23-19(20-21-22-23)25-16-10-14-6-4-5-7-15(14)18(16)24/h4-9,16H,10H2,1-3H3/t16-/m0/s1. The third-order valence-corrected chi connectivity index (χ3v) is 5.65. The fraction of sp³-hybridized carbons (Fsp3) is 0.263. The van der Waals surface area contributed by atoms with Gasteiger partial charge in [-0.1, -0.05) is 53.7 Å². The second kappa shape index (κ2) is 6.11. The van der Waals surface area contributed by atoms with Crippen molar-refractivity contribution in [2.75, 3.05) is 0 Å². The van der Waals surface area contributed by atoms with E-state index in [0.29, 0.717) is 5.16 Å². The van der Waals surface area contributed by atoms with E-state index in [9.17, 15) is 4.79 Å². The first-order chi connectivity index (χ1) is 12.0. The summed E-state index contributed by atoms with van der Waals surface area (Å²) in [4.78, 5) is 12.7. The maximum atomic E-state index is 12.7. The highest BCUT2D eigenvalue weighted by molar-refractivity contribution is 8.00. The Kier molecular flexibility index (Phi) is 3.92. The molecule has 1 aromatic heterocycles. The number of aryl methyl sites for hydroxylation is 3. The molecule has 25 heavy (non-hydrogen) atoms. The van der Waals surface area contributed by atoms with Crippen molar-refractivity contribution in [1.29, 1.82) is 0 Å². The average molecular weight is 350 g/mol. The van der Waals surface area contributed by atoms with Crippen molar-refractivity contribution in [3.05, 3.63) is 64.2 Å². The Balaban J connectivity index is 1.67. The lowest BCUT2D eigenvalue weighted by atomic mass is 10.1. The first-order valence-corrected chi connectivity index (χ1v) is 9.08. The van der Waals surface area contributed by atoms with E-state index in [1.807, 2.05) is 24.3 Å². The Morgan fingerprint density at radius 3 is 2.56 bits per heavy atom. The predicted molar refractivity (Wildman–Crippen MR) is 97.5 cm³/mol. The summed E-state index contributed by atoms with van der Waals surface area (Å²) in [7, 11) is 0. The van der Waals surface area contributed by atoms with E-state index in [-0.39, 0.29) is 11.0 Å². The first kappa shape index (κ1) is 16.0. The first-order valence-electron chi connectivity index (χ1n) is 8.20. The molecule has 0 spiro atoms. The van der Waals surface area contributed by atoms with Crippen LogP contribution in [0.5, 0.6) is 0 Å². The molecule has 1 atom stereocenters. The van der Waals surface area contributed by atoms with E-state index in [0.717, 1.165) is 34.4 Å². The monoisotopic (exact) mass is 350 g/mol. The lowest BCUT2D eigenvalue weighted by molar-refractivity contribution is 0.1000. The van der Waals surface area contributed by atoms with Gasteiger partial charge in [0.25, 0.3) is 0 Å². The number of Topliss-reactive ketones (excluding diaryl/α,β-unsaturated/α-hetero) is 1. The third kappa shape index (κ3) is 2.76. The van der Waals surface area contributed by atoms with Gasteiger partial charge in [-0.15, -0.1) is 5.10 Å².